The summed E-state index contributed by atoms with van der Waals surface area (Å²) in [6, 6.07) is 9.81. The van der Waals surface area contributed by atoms with E-state index in [4.69, 9.17) is 10.9 Å². The van der Waals surface area contributed by atoms with E-state index < -0.39 is 17.1 Å². The van der Waals surface area contributed by atoms with Crippen molar-refractivity contribution < 1.29 is 23.6 Å². The zero-order chi connectivity index (χ0) is 21.5. The highest BCUT2D eigenvalue weighted by Crippen LogP contribution is 2.37. The average molecular weight is 435 g/mol. The summed E-state index contributed by atoms with van der Waals surface area (Å²) in [7, 11) is 0. The zero-order valence-electron chi connectivity index (χ0n) is 14.8. The molecular weight excluding hydrogens is 423 g/mol. The topological polar surface area (TPSA) is 129 Å². The van der Waals surface area contributed by atoms with Crippen molar-refractivity contribution in [3.63, 3.8) is 0 Å². The summed E-state index contributed by atoms with van der Waals surface area (Å²) in [5.74, 6) is -0.297. The summed E-state index contributed by atoms with van der Waals surface area (Å²) in [5.41, 5.74) is 4.62. The fraction of sp³-hybridized carbons (Fsp3) is 0.0588. The molecule has 30 heavy (non-hydrogen) atoms. The Bertz CT molecular complexity index is 1240. The molecule has 9 nitrogen and oxygen atoms in total. The molecule has 0 saturated heterocycles. The minimum Gasteiger partial charge on any atom is -0.595 e. The number of alkyl halides is 3. The fourth-order valence-electron chi connectivity index (χ4n) is 2.68. The van der Waals surface area contributed by atoms with Gasteiger partial charge in [0.1, 0.15) is 0 Å². The molecule has 1 aromatic carbocycles. The van der Waals surface area contributed by atoms with Gasteiger partial charge in [-0.25, -0.2) is 14.7 Å². The van der Waals surface area contributed by atoms with Gasteiger partial charge in [0.15, 0.2) is 28.5 Å². The van der Waals surface area contributed by atoms with Crippen LogP contribution in [0.3, 0.4) is 0 Å². The standard InChI is InChI=1S/C17H12F3N7O2S/c18-17(19,20)13-8-11(12-5-2-6-30-12)22-16-14(15(21)25-26(13)16)24-23-9-3-1-4-10(7-9)27(28)29/h1-8,27-28H,(H2,21,25). The van der Waals surface area contributed by atoms with Crippen LogP contribution in [0.25, 0.3) is 16.2 Å². The van der Waals surface area contributed by atoms with Crippen molar-refractivity contribution in [1.29, 1.82) is 0 Å². The fourth-order valence-corrected chi connectivity index (χ4v) is 3.37. The van der Waals surface area contributed by atoms with Crippen molar-refractivity contribution in [1.82, 2.24) is 14.6 Å². The number of anilines is 1. The number of azo groups is 1. The van der Waals surface area contributed by atoms with Crippen LogP contribution in [0, 0.1) is 5.21 Å². The smallest absolute Gasteiger partial charge is 0.433 e. The number of nitrogens with two attached hydrogens (primary N) is 1. The lowest BCUT2D eigenvalue weighted by Gasteiger charge is -2.10. The van der Waals surface area contributed by atoms with Crippen LogP contribution < -0.4 is 11.0 Å². The van der Waals surface area contributed by atoms with E-state index >= 15 is 0 Å². The molecular formula is C17H12F3N7O2S. The van der Waals surface area contributed by atoms with Crippen LogP contribution in [-0.4, -0.2) is 19.8 Å². The average Bonchev–Trinajstić information content (AvgIpc) is 3.32. The first-order valence-corrected chi connectivity index (χ1v) is 9.17. The molecule has 4 aromatic rings. The molecule has 0 radical (unpaired) electrons. The van der Waals surface area contributed by atoms with Crippen LogP contribution >= 0.6 is 11.3 Å². The van der Waals surface area contributed by atoms with E-state index in [1.54, 1.807) is 17.5 Å². The van der Waals surface area contributed by atoms with Crippen molar-refractivity contribution >= 4 is 39.9 Å². The van der Waals surface area contributed by atoms with E-state index in [1.165, 1.54) is 35.6 Å². The van der Waals surface area contributed by atoms with Gasteiger partial charge >= 0.3 is 6.18 Å². The SMILES string of the molecule is Nc1nn2c(C(F)(F)F)cc(-c3cccs3)nc2c1N=Nc1cccc([NH+]([O-])O)c1. The third-order valence-electron chi connectivity index (χ3n) is 4.01. The number of quaternary nitrogens is 1. The number of halogens is 3. The first-order valence-electron chi connectivity index (χ1n) is 8.29. The van der Waals surface area contributed by atoms with E-state index in [1.807, 2.05) is 0 Å². The van der Waals surface area contributed by atoms with Crippen LogP contribution in [0.15, 0.2) is 58.1 Å². The first-order chi connectivity index (χ1) is 14.2. The molecule has 1 unspecified atom stereocenters. The third-order valence-corrected chi connectivity index (χ3v) is 4.91. The van der Waals surface area contributed by atoms with Crippen LogP contribution in [0.5, 0.6) is 0 Å². The van der Waals surface area contributed by atoms with Gasteiger partial charge in [0.2, 0.25) is 0 Å². The first kappa shape index (κ1) is 19.9. The van der Waals surface area contributed by atoms with Gasteiger partial charge in [-0.3, -0.25) is 0 Å². The number of fused-ring (bicyclic) bond motifs is 1. The Morgan fingerprint density at radius 2 is 1.97 bits per heavy atom. The largest absolute Gasteiger partial charge is 0.595 e. The number of nitrogen functional groups attached to an aromatic ring is 1. The highest BCUT2D eigenvalue weighted by molar-refractivity contribution is 7.13. The van der Waals surface area contributed by atoms with E-state index in [0.29, 0.717) is 9.39 Å². The number of nitrogens with zero attached hydrogens (tertiary/aromatic N) is 5. The molecule has 0 aliphatic carbocycles. The van der Waals surface area contributed by atoms with Crippen LogP contribution in [0.2, 0.25) is 0 Å². The van der Waals surface area contributed by atoms with E-state index in [0.717, 1.165) is 6.07 Å². The minimum atomic E-state index is -4.71. The second-order valence-corrected chi connectivity index (χ2v) is 6.97. The third kappa shape index (κ3) is 3.73. The Morgan fingerprint density at radius 1 is 1.17 bits per heavy atom. The number of aromatic nitrogens is 3. The molecule has 0 saturated carbocycles. The number of nitrogens with one attached hydrogen (secondary N) is 1. The van der Waals surface area contributed by atoms with Gasteiger partial charge in [-0.15, -0.1) is 21.5 Å². The molecule has 0 aliphatic rings. The molecule has 1 atom stereocenters. The van der Waals surface area contributed by atoms with Crippen molar-refractivity contribution in [3.05, 3.63) is 58.7 Å². The molecule has 0 aliphatic heterocycles. The maximum atomic E-state index is 13.6. The maximum Gasteiger partial charge on any atom is 0.433 e. The monoisotopic (exact) mass is 435 g/mol. The van der Waals surface area contributed by atoms with Crippen LogP contribution in [0.1, 0.15) is 5.69 Å². The second kappa shape index (κ2) is 7.46. The van der Waals surface area contributed by atoms with Crippen molar-refractivity contribution in [2.24, 2.45) is 10.2 Å². The quantitative estimate of drug-likeness (QED) is 0.331. The van der Waals surface area contributed by atoms with Gasteiger partial charge in [0.05, 0.1) is 16.3 Å². The van der Waals surface area contributed by atoms with E-state index in [2.05, 4.69) is 20.3 Å². The predicted molar refractivity (Wildman–Crippen MR) is 102 cm³/mol. The lowest BCUT2D eigenvalue weighted by Crippen LogP contribution is -2.99. The number of hydrogen-bond donors (Lipinski definition) is 3. The van der Waals surface area contributed by atoms with Gasteiger partial charge in [-0.1, -0.05) is 12.1 Å². The number of hydrogen-bond acceptors (Lipinski definition) is 8. The molecule has 0 fully saturated rings. The van der Waals surface area contributed by atoms with Gasteiger partial charge in [-0.05, 0) is 23.6 Å². The molecule has 3 heterocycles. The summed E-state index contributed by atoms with van der Waals surface area (Å²) in [6.45, 7) is 0. The molecule has 4 N–H and O–H groups in total. The molecule has 154 valence electrons. The molecule has 3 aromatic heterocycles. The summed E-state index contributed by atoms with van der Waals surface area (Å²) < 4.78 is 41.4. The maximum absolute atomic E-state index is 13.6. The lowest BCUT2D eigenvalue weighted by atomic mass is 10.2. The Morgan fingerprint density at radius 3 is 2.63 bits per heavy atom. The highest BCUT2D eigenvalue weighted by Gasteiger charge is 2.36. The van der Waals surface area contributed by atoms with Gasteiger partial charge in [0, 0.05) is 12.1 Å². The molecule has 4 rings (SSSR count). The lowest BCUT2D eigenvalue weighted by molar-refractivity contribution is -0.991. The Kier molecular flexibility index (Phi) is 4.95. The second-order valence-electron chi connectivity index (χ2n) is 6.03. The minimum absolute atomic E-state index is 0.0169. The van der Waals surface area contributed by atoms with Crippen LogP contribution in [-0.2, 0) is 6.18 Å². The summed E-state index contributed by atoms with van der Waals surface area (Å²) in [5, 5.41) is 32.2. The van der Waals surface area contributed by atoms with Crippen molar-refractivity contribution in [2.75, 3.05) is 5.73 Å². The summed E-state index contributed by atoms with van der Waals surface area (Å²) >= 11 is 1.23. The molecule has 13 heteroatoms. The zero-order valence-corrected chi connectivity index (χ0v) is 15.6. The van der Waals surface area contributed by atoms with Gasteiger partial charge in [0.25, 0.3) is 0 Å². The molecule has 0 spiro atoms. The van der Waals surface area contributed by atoms with Gasteiger partial charge in [-0.2, -0.15) is 23.5 Å². The number of thiophene rings is 1. The van der Waals surface area contributed by atoms with Crippen molar-refractivity contribution in [3.8, 4) is 10.6 Å². The Balaban J connectivity index is 1.87. The molecule has 0 amide bonds. The Labute approximate surface area is 170 Å². The predicted octanol–water partition coefficient (Wildman–Crippen LogP) is 3.88. The van der Waals surface area contributed by atoms with Crippen LogP contribution in [0.4, 0.5) is 36.1 Å². The number of rotatable bonds is 4. The number of benzene rings is 1. The van der Waals surface area contributed by atoms with E-state index in [-0.39, 0.29) is 34.2 Å². The van der Waals surface area contributed by atoms with E-state index in [9.17, 15) is 18.4 Å². The highest BCUT2D eigenvalue weighted by atomic mass is 32.1. The Hall–Kier alpha value is -3.39. The van der Waals surface area contributed by atoms with Gasteiger partial charge < -0.3 is 10.9 Å². The van der Waals surface area contributed by atoms with Crippen molar-refractivity contribution in [2.45, 2.75) is 6.18 Å². The molecule has 0 bridgehead atoms. The summed E-state index contributed by atoms with van der Waals surface area (Å²) in [6.07, 6.45) is -4.71. The normalized spacial score (nSPS) is 13.4. The summed E-state index contributed by atoms with van der Waals surface area (Å²) in [4.78, 5) is 4.78.